The normalized spacial score (nSPS) is 12.8. The van der Waals surface area contributed by atoms with Crippen molar-refractivity contribution >= 4 is 11.9 Å². The molecule has 0 rings (SSSR count). The number of ether oxygens (including phenoxy) is 1. The number of carbonyl (C=O) groups excluding carboxylic acids is 2. The zero-order chi connectivity index (χ0) is 47.9. The van der Waals surface area contributed by atoms with Crippen molar-refractivity contribution in [1.29, 1.82) is 0 Å². The summed E-state index contributed by atoms with van der Waals surface area (Å²) in [6.07, 6.45) is 68.8. The maximum absolute atomic E-state index is 12.5. The van der Waals surface area contributed by atoms with Crippen molar-refractivity contribution in [3.63, 3.8) is 0 Å². The van der Waals surface area contributed by atoms with Crippen LogP contribution in [0.5, 0.6) is 0 Å². The first-order chi connectivity index (χ1) is 32.5. The first kappa shape index (κ1) is 64.1. The van der Waals surface area contributed by atoms with Crippen molar-refractivity contribution in [2.24, 2.45) is 0 Å². The Labute approximate surface area is 411 Å². The third-order valence-electron chi connectivity index (χ3n) is 13.4. The van der Waals surface area contributed by atoms with Crippen molar-refractivity contribution in [3.8, 4) is 0 Å². The van der Waals surface area contributed by atoms with Crippen LogP contribution in [0.3, 0.4) is 0 Å². The molecule has 0 aromatic rings. The maximum Gasteiger partial charge on any atom is 0.305 e. The Morgan fingerprint density at radius 2 is 0.712 bits per heavy atom. The molecule has 0 heterocycles. The number of hydrogen-bond acceptors (Lipinski definition) is 5. The summed E-state index contributed by atoms with van der Waals surface area (Å²) in [5.41, 5.74) is 0. The molecule has 0 saturated heterocycles. The fourth-order valence-electron chi connectivity index (χ4n) is 8.86. The summed E-state index contributed by atoms with van der Waals surface area (Å²) in [6, 6.07) is -0.640. The number of hydrogen-bond donors (Lipinski definition) is 3. The molecule has 2 atom stereocenters. The molecule has 1 amide bonds. The van der Waals surface area contributed by atoms with Crippen LogP contribution < -0.4 is 5.32 Å². The Morgan fingerprint density at radius 1 is 0.409 bits per heavy atom. The summed E-state index contributed by atoms with van der Waals surface area (Å²) >= 11 is 0. The lowest BCUT2D eigenvalue weighted by atomic mass is 10.0. The lowest BCUT2D eigenvalue weighted by Crippen LogP contribution is -2.45. The second-order valence-corrected chi connectivity index (χ2v) is 20.0. The number of amides is 1. The van der Waals surface area contributed by atoms with Crippen LogP contribution in [0, 0.1) is 0 Å². The molecule has 388 valence electrons. The van der Waals surface area contributed by atoms with E-state index in [0.717, 1.165) is 70.6 Å². The fraction of sp³-hybridized carbons (Fsp3) is 0.867. The monoisotopic (exact) mass is 928 g/mol. The quantitative estimate of drug-likeness (QED) is 0.0321. The largest absolute Gasteiger partial charge is 0.466 e. The average molecular weight is 929 g/mol. The molecule has 0 aliphatic heterocycles. The Kier molecular flexibility index (Phi) is 54.1. The van der Waals surface area contributed by atoms with Crippen molar-refractivity contribution in [2.75, 3.05) is 13.2 Å². The van der Waals surface area contributed by atoms with E-state index in [0.29, 0.717) is 19.4 Å². The number of allylic oxidation sites excluding steroid dienone is 5. The van der Waals surface area contributed by atoms with Gasteiger partial charge in [-0.25, -0.2) is 0 Å². The Bertz CT molecular complexity index is 1070. The van der Waals surface area contributed by atoms with E-state index in [2.05, 4.69) is 43.5 Å². The summed E-state index contributed by atoms with van der Waals surface area (Å²) < 4.78 is 5.47. The molecular formula is C60H113NO5. The molecule has 0 aliphatic carbocycles. The lowest BCUT2D eigenvalue weighted by Gasteiger charge is -2.20. The van der Waals surface area contributed by atoms with Gasteiger partial charge in [0.15, 0.2) is 0 Å². The standard InChI is InChI=1S/C60H113NO5/c1-3-5-7-9-11-13-15-17-19-21-22-26-30-34-38-42-46-50-54-60(65)66-55-51-47-43-39-35-31-27-23-25-29-33-37-41-45-49-53-59(64)61-57(56-62)58(63)52-48-44-40-36-32-28-24-20-18-16-14-12-10-8-6-4-2/h19,21,27,31,48,52,57-58,62-63H,3-18,20,22-26,28-30,32-47,49-51,53-56H2,1-2H3,(H,61,64)/b21-19-,31-27-,52-48+. The zero-order valence-electron chi connectivity index (χ0n) is 44.2. The highest BCUT2D eigenvalue weighted by Gasteiger charge is 2.18. The van der Waals surface area contributed by atoms with Crippen molar-refractivity contribution < 1.29 is 24.5 Å². The van der Waals surface area contributed by atoms with Gasteiger partial charge in [-0.2, -0.15) is 0 Å². The maximum atomic E-state index is 12.5. The summed E-state index contributed by atoms with van der Waals surface area (Å²) in [6.45, 7) is 4.87. The van der Waals surface area contributed by atoms with Gasteiger partial charge < -0.3 is 20.3 Å². The Balaban J connectivity index is 3.49. The van der Waals surface area contributed by atoms with E-state index in [1.165, 1.54) is 212 Å². The minimum atomic E-state index is -0.855. The van der Waals surface area contributed by atoms with Crippen LogP contribution in [0.25, 0.3) is 0 Å². The molecule has 2 unspecified atom stereocenters. The molecule has 0 saturated carbocycles. The van der Waals surface area contributed by atoms with Crippen LogP contribution in [-0.4, -0.2) is 47.4 Å². The third kappa shape index (κ3) is 51.5. The predicted molar refractivity (Wildman–Crippen MR) is 287 cm³/mol. The summed E-state index contributed by atoms with van der Waals surface area (Å²) in [5, 5.41) is 23.1. The average Bonchev–Trinajstić information content (AvgIpc) is 3.32. The van der Waals surface area contributed by atoms with Gasteiger partial charge in [0.1, 0.15) is 0 Å². The molecule has 0 bridgehead atoms. The summed E-state index contributed by atoms with van der Waals surface area (Å²) in [4.78, 5) is 24.5. The van der Waals surface area contributed by atoms with E-state index in [1.807, 2.05) is 6.08 Å². The van der Waals surface area contributed by atoms with Gasteiger partial charge in [-0.1, -0.05) is 249 Å². The van der Waals surface area contributed by atoms with Crippen LogP contribution >= 0.6 is 0 Å². The van der Waals surface area contributed by atoms with E-state index >= 15 is 0 Å². The van der Waals surface area contributed by atoms with Gasteiger partial charge in [-0.15, -0.1) is 0 Å². The highest BCUT2D eigenvalue weighted by Crippen LogP contribution is 2.16. The van der Waals surface area contributed by atoms with Gasteiger partial charge >= 0.3 is 5.97 Å². The van der Waals surface area contributed by atoms with Gasteiger partial charge in [0.25, 0.3) is 0 Å². The van der Waals surface area contributed by atoms with Crippen molar-refractivity contribution in [1.82, 2.24) is 5.32 Å². The number of nitrogens with one attached hydrogen (secondary N) is 1. The van der Waals surface area contributed by atoms with Gasteiger partial charge in [0.05, 0.1) is 25.4 Å². The van der Waals surface area contributed by atoms with E-state index in [4.69, 9.17) is 4.74 Å². The zero-order valence-corrected chi connectivity index (χ0v) is 44.2. The number of unbranched alkanes of at least 4 members (excludes halogenated alkanes) is 39. The molecule has 0 radical (unpaired) electrons. The molecule has 0 aromatic carbocycles. The number of rotatable bonds is 54. The molecular weight excluding hydrogens is 815 g/mol. The van der Waals surface area contributed by atoms with Crippen LogP contribution in [0.1, 0.15) is 309 Å². The van der Waals surface area contributed by atoms with Crippen LogP contribution in [0.4, 0.5) is 0 Å². The topological polar surface area (TPSA) is 95.9 Å². The molecule has 0 aliphatic rings. The first-order valence-corrected chi connectivity index (χ1v) is 29.3. The van der Waals surface area contributed by atoms with Crippen LogP contribution in [-0.2, 0) is 14.3 Å². The summed E-state index contributed by atoms with van der Waals surface area (Å²) in [5.74, 6) is -0.0967. The number of carbonyl (C=O) groups is 2. The minimum Gasteiger partial charge on any atom is -0.466 e. The minimum absolute atomic E-state index is 0.0142. The predicted octanol–water partition coefficient (Wildman–Crippen LogP) is 18.0. The van der Waals surface area contributed by atoms with E-state index in [9.17, 15) is 19.8 Å². The fourth-order valence-corrected chi connectivity index (χ4v) is 8.86. The second-order valence-electron chi connectivity index (χ2n) is 20.0. The number of aliphatic hydroxyl groups excluding tert-OH is 2. The Hall–Kier alpha value is -1.92. The van der Waals surface area contributed by atoms with Crippen molar-refractivity contribution in [2.45, 2.75) is 321 Å². The van der Waals surface area contributed by atoms with Gasteiger partial charge in [0.2, 0.25) is 5.91 Å². The molecule has 3 N–H and O–H groups in total. The molecule has 0 fully saturated rings. The molecule has 6 nitrogen and oxygen atoms in total. The highest BCUT2D eigenvalue weighted by atomic mass is 16.5. The molecule has 0 spiro atoms. The van der Waals surface area contributed by atoms with Gasteiger partial charge in [0, 0.05) is 12.8 Å². The second kappa shape index (κ2) is 55.7. The SMILES string of the molecule is CCCCCCCCC/C=C\CCCCCCCCCC(=O)OCCCCCC/C=C\CCCCCCCCCC(=O)NC(CO)C(O)/C=C/CCCCCCCCCCCCCCCC. The van der Waals surface area contributed by atoms with Gasteiger partial charge in [-0.05, 0) is 83.5 Å². The number of aliphatic hydroxyl groups is 2. The highest BCUT2D eigenvalue weighted by molar-refractivity contribution is 5.76. The van der Waals surface area contributed by atoms with E-state index in [-0.39, 0.29) is 18.5 Å². The van der Waals surface area contributed by atoms with E-state index < -0.39 is 12.1 Å². The molecule has 0 aromatic heterocycles. The summed E-state index contributed by atoms with van der Waals surface area (Å²) in [7, 11) is 0. The molecule has 66 heavy (non-hydrogen) atoms. The third-order valence-corrected chi connectivity index (χ3v) is 13.4. The first-order valence-electron chi connectivity index (χ1n) is 29.3. The molecule has 6 heteroatoms. The number of esters is 1. The van der Waals surface area contributed by atoms with E-state index in [1.54, 1.807) is 6.08 Å². The smallest absolute Gasteiger partial charge is 0.305 e. The van der Waals surface area contributed by atoms with Crippen LogP contribution in [0.2, 0.25) is 0 Å². The van der Waals surface area contributed by atoms with Crippen LogP contribution in [0.15, 0.2) is 36.5 Å². The Morgan fingerprint density at radius 3 is 1.08 bits per heavy atom. The lowest BCUT2D eigenvalue weighted by molar-refractivity contribution is -0.143. The van der Waals surface area contributed by atoms with Gasteiger partial charge in [-0.3, -0.25) is 9.59 Å². The van der Waals surface area contributed by atoms with Crippen molar-refractivity contribution in [3.05, 3.63) is 36.5 Å².